The van der Waals surface area contributed by atoms with Crippen LogP contribution >= 0.6 is 0 Å². The molecule has 2 rings (SSSR count). The summed E-state index contributed by atoms with van der Waals surface area (Å²) in [5.74, 6) is 0. The summed E-state index contributed by atoms with van der Waals surface area (Å²) in [4.78, 5) is 0. The van der Waals surface area contributed by atoms with Crippen molar-refractivity contribution in [1.29, 1.82) is 0 Å². The Bertz CT molecular complexity index is 386. The fraction of sp³-hybridized carbons (Fsp3) is 0.357. The molecule has 2 aliphatic rings. The summed E-state index contributed by atoms with van der Waals surface area (Å²) < 4.78 is 2.86. The third-order valence-electron chi connectivity index (χ3n) is 3.20. The Kier molecular flexibility index (Phi) is 7.14. The van der Waals surface area contributed by atoms with Gasteiger partial charge in [-0.25, -0.2) is 0 Å². The number of allylic oxidation sites excluding steroid dienone is 8. The predicted octanol–water partition coefficient (Wildman–Crippen LogP) is -1.96. The Morgan fingerprint density at radius 3 is 1.82 bits per heavy atom. The zero-order chi connectivity index (χ0) is 10.9. The molecule has 0 unspecified atom stereocenters. The molecule has 2 aliphatic carbocycles. The van der Waals surface area contributed by atoms with E-state index < -0.39 is 21.3 Å². The van der Waals surface area contributed by atoms with Gasteiger partial charge in [-0.3, -0.25) is 0 Å². The maximum atomic E-state index is 2.41. The smallest absolute Gasteiger partial charge is 1.00 e. The zero-order valence-electron chi connectivity index (χ0n) is 10.5. The summed E-state index contributed by atoms with van der Waals surface area (Å²) in [6, 6.07) is 0. The molecule has 0 radical (unpaired) electrons. The Hall–Kier alpha value is 0.293. The fourth-order valence-electron chi connectivity index (χ4n) is 2.60. The molecule has 0 saturated carbocycles. The van der Waals surface area contributed by atoms with E-state index in [4.69, 9.17) is 0 Å². The maximum Gasteiger partial charge on any atom is -1.00 e. The summed E-state index contributed by atoms with van der Waals surface area (Å²) in [5.41, 5.74) is 0. The van der Waals surface area contributed by atoms with Gasteiger partial charge in [-0.15, -0.1) is 0 Å². The minimum atomic E-state index is -1.60. The van der Waals surface area contributed by atoms with Crippen LogP contribution in [0.15, 0.2) is 48.6 Å². The standard InChI is InChI=1S/C6H7.C5H5.C3H6.2ClH.Zr/c1-6-4-2-3-5-6;1-2-4-5-3-1;1-3-2;;;/h2-5H,1H3;1-5H;1-2H3;2*1H;/q;;;;;+2/p-2. The van der Waals surface area contributed by atoms with E-state index >= 15 is 0 Å². The Morgan fingerprint density at radius 1 is 0.941 bits per heavy atom. The van der Waals surface area contributed by atoms with Gasteiger partial charge in [-0.05, 0) is 0 Å². The van der Waals surface area contributed by atoms with Crippen molar-refractivity contribution in [2.24, 2.45) is 0 Å². The minimum absolute atomic E-state index is 0. The molecule has 92 valence electrons. The van der Waals surface area contributed by atoms with Crippen molar-refractivity contribution in [2.45, 2.75) is 27.5 Å². The average Bonchev–Trinajstić information content (AvgIpc) is 2.77. The molecule has 0 aromatic heterocycles. The van der Waals surface area contributed by atoms with Crippen LogP contribution in [-0.2, 0) is 21.3 Å². The number of hydrogen-bond acceptors (Lipinski definition) is 0. The van der Waals surface area contributed by atoms with Gasteiger partial charge in [0, 0.05) is 0 Å². The number of rotatable bonds is 2. The van der Waals surface area contributed by atoms with E-state index in [1.165, 1.54) is 0 Å². The molecule has 0 fully saturated rings. The van der Waals surface area contributed by atoms with E-state index in [0.29, 0.717) is 3.12 Å². The molecule has 0 nitrogen and oxygen atoms in total. The second-order valence-electron chi connectivity index (χ2n) is 4.71. The van der Waals surface area contributed by atoms with Crippen LogP contribution < -0.4 is 24.8 Å². The first-order valence-corrected chi connectivity index (χ1v) is 9.41. The SMILES string of the molecule is C[C](C)=[Zr+2]([CH]1C=CC=C1)[C]1(C)C=CC=C1.[Cl-].[Cl-]. The quantitative estimate of drug-likeness (QED) is 0.544. The van der Waals surface area contributed by atoms with Gasteiger partial charge in [0.2, 0.25) is 0 Å². The molecule has 0 aromatic carbocycles. The normalized spacial score (nSPS) is 18.5. The molecule has 0 spiro atoms. The monoisotopic (exact) mass is 346 g/mol. The molecule has 0 aromatic rings. The van der Waals surface area contributed by atoms with Crippen molar-refractivity contribution in [3.63, 3.8) is 0 Å². The van der Waals surface area contributed by atoms with Crippen LogP contribution in [0, 0.1) is 0 Å². The molecular weight excluding hydrogens is 330 g/mol. The van der Waals surface area contributed by atoms with E-state index in [1.807, 2.05) is 0 Å². The first kappa shape index (κ1) is 17.3. The molecule has 0 aliphatic heterocycles. The fourth-order valence-corrected chi connectivity index (χ4v) is 11.5. The van der Waals surface area contributed by atoms with Gasteiger partial charge in [0.1, 0.15) is 0 Å². The molecule has 0 atom stereocenters. The second kappa shape index (κ2) is 7.02. The maximum absolute atomic E-state index is 2.41. The Labute approximate surface area is 125 Å². The first-order chi connectivity index (χ1) is 7.13. The summed E-state index contributed by atoms with van der Waals surface area (Å²) >= 11 is -1.60. The van der Waals surface area contributed by atoms with Crippen molar-refractivity contribution < 1.29 is 46.1 Å². The number of halogens is 2. The van der Waals surface area contributed by atoms with Crippen LogP contribution in [0.2, 0.25) is 6.75 Å². The van der Waals surface area contributed by atoms with Crippen LogP contribution in [0.3, 0.4) is 0 Å². The van der Waals surface area contributed by atoms with E-state index in [2.05, 4.69) is 69.4 Å². The molecule has 17 heavy (non-hydrogen) atoms. The third-order valence-corrected chi connectivity index (χ3v) is 12.1. The summed E-state index contributed by atoms with van der Waals surface area (Å²) in [5, 5.41) is 0. The van der Waals surface area contributed by atoms with Crippen molar-refractivity contribution in [3.05, 3.63) is 48.6 Å². The largest absolute Gasteiger partial charge is 1.00 e. The van der Waals surface area contributed by atoms with Crippen molar-refractivity contribution >= 4 is 3.21 Å². The average molecular weight is 348 g/mol. The van der Waals surface area contributed by atoms with Gasteiger partial charge in [0.05, 0.1) is 0 Å². The Balaban J connectivity index is 0.00000128. The van der Waals surface area contributed by atoms with E-state index in [0.717, 1.165) is 3.63 Å². The van der Waals surface area contributed by atoms with Crippen molar-refractivity contribution in [2.75, 3.05) is 0 Å². The van der Waals surface area contributed by atoms with Gasteiger partial charge in [-0.1, -0.05) is 0 Å². The minimum Gasteiger partial charge on any atom is -1.00 e. The van der Waals surface area contributed by atoms with Crippen LogP contribution in [0.25, 0.3) is 0 Å². The van der Waals surface area contributed by atoms with Gasteiger partial charge < -0.3 is 24.8 Å². The van der Waals surface area contributed by atoms with Crippen molar-refractivity contribution in [1.82, 2.24) is 0 Å². The molecule has 0 N–H and O–H groups in total. The molecule has 0 amide bonds. The van der Waals surface area contributed by atoms with E-state index in [1.54, 1.807) is 3.21 Å². The summed E-state index contributed by atoms with van der Waals surface area (Å²) in [7, 11) is 0. The summed E-state index contributed by atoms with van der Waals surface area (Å²) in [6.07, 6.45) is 18.5. The molecule has 0 bridgehead atoms. The van der Waals surface area contributed by atoms with Gasteiger partial charge in [-0.2, -0.15) is 0 Å². The van der Waals surface area contributed by atoms with Gasteiger partial charge in [0.25, 0.3) is 0 Å². The van der Waals surface area contributed by atoms with Crippen LogP contribution in [0.5, 0.6) is 0 Å². The predicted molar refractivity (Wildman–Crippen MR) is 65.0 cm³/mol. The first-order valence-electron chi connectivity index (χ1n) is 5.53. The second-order valence-corrected chi connectivity index (χ2v) is 13.5. The molecular formula is C14H18Cl2Zr. The zero-order valence-corrected chi connectivity index (χ0v) is 14.4. The Morgan fingerprint density at radius 2 is 1.41 bits per heavy atom. The summed E-state index contributed by atoms with van der Waals surface area (Å²) in [6.45, 7) is 7.08. The molecule has 0 heterocycles. The van der Waals surface area contributed by atoms with Gasteiger partial charge >= 0.3 is 101 Å². The van der Waals surface area contributed by atoms with E-state index in [9.17, 15) is 0 Å². The number of hydrogen-bond donors (Lipinski definition) is 0. The van der Waals surface area contributed by atoms with E-state index in [-0.39, 0.29) is 24.8 Å². The van der Waals surface area contributed by atoms with Crippen LogP contribution in [0.1, 0.15) is 20.8 Å². The third kappa shape index (κ3) is 3.63. The van der Waals surface area contributed by atoms with Gasteiger partial charge in [0.15, 0.2) is 0 Å². The van der Waals surface area contributed by atoms with Crippen molar-refractivity contribution in [3.8, 4) is 0 Å². The molecule has 0 saturated heterocycles. The van der Waals surface area contributed by atoms with Crippen LogP contribution in [-0.4, -0.2) is 3.21 Å². The topological polar surface area (TPSA) is 0 Å². The van der Waals surface area contributed by atoms with Crippen LogP contribution in [0.4, 0.5) is 0 Å². The molecule has 3 heteroatoms.